The fraction of sp³-hybridized carbons (Fsp3) is 0.933. The van der Waals surface area contributed by atoms with Crippen LogP contribution in [0.5, 0.6) is 0 Å². The minimum absolute atomic E-state index is 0.0606. The second-order valence-corrected chi connectivity index (χ2v) is 7.61. The smallest absolute Gasteiger partial charge is 0.332 e. The number of carbonyl (C=O) groups excluding carboxylic acids is 1. The summed E-state index contributed by atoms with van der Waals surface area (Å²) in [6.45, 7) is 13.8. The highest BCUT2D eigenvalue weighted by Crippen LogP contribution is 2.48. The van der Waals surface area contributed by atoms with E-state index in [1.807, 2.05) is 20.8 Å². The zero-order chi connectivity index (χ0) is 19.6. The van der Waals surface area contributed by atoms with Crippen LogP contribution < -0.4 is 0 Å². The van der Waals surface area contributed by atoms with Crippen molar-refractivity contribution in [3.05, 3.63) is 0 Å². The van der Waals surface area contributed by atoms with Crippen LogP contribution in [0.2, 0.25) is 0 Å². The fourth-order valence-electron chi connectivity index (χ4n) is 1.45. The van der Waals surface area contributed by atoms with E-state index < -0.39 is 16.2 Å². The predicted octanol–water partition coefficient (Wildman–Crippen LogP) is 4.53. The Kier molecular flexibility index (Phi) is 20.3. The minimum atomic E-state index is -3.10. The van der Waals surface area contributed by atoms with E-state index in [4.69, 9.17) is 27.4 Å². The van der Waals surface area contributed by atoms with E-state index in [-0.39, 0.29) is 18.6 Å². The van der Waals surface area contributed by atoms with E-state index in [2.05, 4.69) is 0 Å². The van der Waals surface area contributed by atoms with Gasteiger partial charge in [-0.15, -0.1) is 0 Å². The van der Waals surface area contributed by atoms with Gasteiger partial charge in [0.15, 0.2) is 0 Å². The first-order valence-corrected chi connectivity index (χ1v) is 11.5. The Hall–Kier alpha value is -0.0700. The summed E-state index contributed by atoms with van der Waals surface area (Å²) in [6, 6.07) is 0. The van der Waals surface area contributed by atoms with Crippen LogP contribution in [0.25, 0.3) is 0 Å². The quantitative estimate of drug-likeness (QED) is 0.308. The summed E-state index contributed by atoms with van der Waals surface area (Å²) >= 11 is 0. The van der Waals surface area contributed by atoms with Crippen LogP contribution >= 0.6 is 16.2 Å². The van der Waals surface area contributed by atoms with Gasteiger partial charge in [0.25, 0.3) is 0 Å². The summed E-state index contributed by atoms with van der Waals surface area (Å²) < 4.78 is 42.1. The molecule has 10 heteroatoms. The van der Waals surface area contributed by atoms with E-state index in [0.29, 0.717) is 39.6 Å². The molecule has 0 bridgehead atoms. The van der Waals surface area contributed by atoms with Crippen molar-refractivity contribution in [1.82, 2.24) is 0 Å². The molecule has 0 spiro atoms. The molecule has 0 rings (SSSR count). The Balaban J connectivity index is 0. The van der Waals surface area contributed by atoms with Gasteiger partial charge in [0.05, 0.1) is 52.2 Å². The van der Waals surface area contributed by atoms with Gasteiger partial charge in [-0.2, -0.15) is 0 Å². The van der Waals surface area contributed by atoms with Crippen LogP contribution in [0.3, 0.4) is 0 Å². The molecule has 0 aromatic carbocycles. The summed E-state index contributed by atoms with van der Waals surface area (Å²) in [5, 5.41) is 0. The maximum absolute atomic E-state index is 11.9. The van der Waals surface area contributed by atoms with E-state index in [1.165, 1.54) is 0 Å². The summed E-state index contributed by atoms with van der Waals surface area (Å²) in [5.41, 5.74) is 0. The van der Waals surface area contributed by atoms with Gasteiger partial charge in [-0.05, 0) is 41.5 Å². The molecule has 0 aliphatic carbocycles. The molecule has 0 aromatic rings. The predicted molar refractivity (Wildman–Crippen MR) is 98.8 cm³/mol. The van der Waals surface area contributed by atoms with Crippen molar-refractivity contribution >= 4 is 22.2 Å². The third-order valence-electron chi connectivity index (χ3n) is 2.25. The molecule has 0 heterocycles. The van der Waals surface area contributed by atoms with Crippen molar-refractivity contribution in [2.24, 2.45) is 0 Å². The number of esters is 1. The van der Waals surface area contributed by atoms with Crippen molar-refractivity contribution in [2.45, 2.75) is 48.0 Å². The van der Waals surface area contributed by atoms with Crippen LogP contribution in [0, 0.1) is 0 Å². The Morgan fingerprint density at radius 1 is 0.760 bits per heavy atom. The highest BCUT2D eigenvalue weighted by molar-refractivity contribution is 7.53. The van der Waals surface area contributed by atoms with Gasteiger partial charge < -0.3 is 27.4 Å². The summed E-state index contributed by atoms with van der Waals surface area (Å²) in [6.07, 6.45) is 0.138. The molecule has 0 radical (unpaired) electrons. The van der Waals surface area contributed by atoms with Crippen molar-refractivity contribution in [3.63, 3.8) is 0 Å². The van der Waals surface area contributed by atoms with Gasteiger partial charge in [-0.25, -0.2) is 0 Å². The Morgan fingerprint density at radius 2 is 1.20 bits per heavy atom. The van der Waals surface area contributed by atoms with E-state index in [1.54, 1.807) is 20.8 Å². The molecule has 25 heavy (non-hydrogen) atoms. The topological polar surface area (TPSA) is 89.5 Å². The van der Waals surface area contributed by atoms with Gasteiger partial charge in [-0.3, -0.25) is 9.36 Å². The lowest BCUT2D eigenvalue weighted by Gasteiger charge is -2.16. The fourth-order valence-corrected chi connectivity index (χ4v) is 3.88. The monoisotopic (exact) mass is 404 g/mol. The Morgan fingerprint density at radius 3 is 1.52 bits per heavy atom. The van der Waals surface area contributed by atoms with Gasteiger partial charge in [0.2, 0.25) is 0 Å². The Labute approximate surface area is 153 Å². The molecule has 0 aromatic heterocycles. The second kappa shape index (κ2) is 18.7. The molecular weight excluding hydrogens is 370 g/mol. The van der Waals surface area contributed by atoms with Crippen molar-refractivity contribution in [3.8, 4) is 0 Å². The average molecular weight is 404 g/mol. The molecular formula is C15H34O8P2. The maximum atomic E-state index is 11.9. The third-order valence-corrected chi connectivity index (χ3v) is 5.73. The van der Waals surface area contributed by atoms with Gasteiger partial charge in [0.1, 0.15) is 0 Å². The summed E-state index contributed by atoms with van der Waals surface area (Å²) in [5.74, 6) is -0.378. The lowest BCUT2D eigenvalue weighted by Crippen LogP contribution is -2.08. The van der Waals surface area contributed by atoms with E-state index >= 15 is 0 Å². The minimum Gasteiger partial charge on any atom is -0.466 e. The molecule has 0 N–H and O–H groups in total. The number of hydrogen-bond acceptors (Lipinski definition) is 8. The van der Waals surface area contributed by atoms with Gasteiger partial charge in [-0.1, -0.05) is 0 Å². The molecule has 0 saturated carbocycles. The van der Waals surface area contributed by atoms with Crippen LogP contribution in [0.1, 0.15) is 48.0 Å². The number of rotatable bonds is 14. The lowest BCUT2D eigenvalue weighted by atomic mass is 10.5. The van der Waals surface area contributed by atoms with Crippen molar-refractivity contribution < 1.29 is 36.7 Å². The van der Waals surface area contributed by atoms with Gasteiger partial charge >= 0.3 is 22.2 Å². The molecule has 0 saturated heterocycles. The van der Waals surface area contributed by atoms with E-state index in [0.717, 1.165) is 0 Å². The van der Waals surface area contributed by atoms with Crippen LogP contribution in [0.4, 0.5) is 0 Å². The standard InChI is InChI=1S/C9H19O5P.C6H15O3P/c1-4-12-9(10)7-8-15(11,13-5-2)14-6-3;1-4-7-10(8-5-2)9-6-3/h4-8H2,1-3H3;4-6H2,1-3H3. The maximum Gasteiger partial charge on any atom is 0.332 e. The van der Waals surface area contributed by atoms with Crippen molar-refractivity contribution in [1.29, 1.82) is 0 Å². The van der Waals surface area contributed by atoms with Gasteiger partial charge in [0, 0.05) is 0 Å². The molecule has 0 fully saturated rings. The van der Waals surface area contributed by atoms with Crippen LogP contribution in [-0.2, 0) is 36.7 Å². The molecule has 152 valence electrons. The lowest BCUT2D eigenvalue weighted by molar-refractivity contribution is -0.142. The SMILES string of the molecule is CCOC(=O)CCP(=O)(OCC)OCC.CCOP(OCC)OCC. The normalized spacial score (nSPS) is 11.2. The summed E-state index contributed by atoms with van der Waals surface area (Å²) in [7, 11) is -4.16. The number of hydrogen-bond donors (Lipinski definition) is 0. The summed E-state index contributed by atoms with van der Waals surface area (Å²) in [4.78, 5) is 11.0. The number of carbonyl (C=O) groups is 1. The molecule has 0 amide bonds. The first-order valence-electron chi connectivity index (χ1n) is 8.65. The zero-order valence-corrected chi connectivity index (χ0v) is 18.1. The average Bonchev–Trinajstić information content (AvgIpc) is 2.55. The second-order valence-electron chi connectivity index (χ2n) is 4.20. The number of ether oxygens (including phenoxy) is 1. The third kappa shape index (κ3) is 17.1. The van der Waals surface area contributed by atoms with E-state index in [9.17, 15) is 9.36 Å². The zero-order valence-electron chi connectivity index (χ0n) is 16.3. The molecule has 8 nitrogen and oxygen atoms in total. The molecule has 0 unspecified atom stereocenters. The van der Waals surface area contributed by atoms with Crippen LogP contribution in [0.15, 0.2) is 0 Å². The molecule has 0 aliphatic rings. The van der Waals surface area contributed by atoms with Crippen LogP contribution in [-0.4, -0.2) is 51.8 Å². The molecule has 0 aliphatic heterocycles. The highest BCUT2D eigenvalue weighted by Gasteiger charge is 2.24. The largest absolute Gasteiger partial charge is 0.466 e. The highest BCUT2D eigenvalue weighted by atomic mass is 31.2. The molecule has 0 atom stereocenters. The Bertz CT molecular complexity index is 330. The van der Waals surface area contributed by atoms with Crippen molar-refractivity contribution in [2.75, 3.05) is 45.8 Å². The first kappa shape index (κ1) is 27.2. The first-order chi connectivity index (χ1) is 11.9.